The van der Waals surface area contributed by atoms with Crippen LogP contribution in [-0.2, 0) is 21.0 Å². The van der Waals surface area contributed by atoms with E-state index in [0.717, 1.165) is 31.3 Å². The molecule has 0 spiro atoms. The Morgan fingerprint density at radius 3 is 2.21 bits per heavy atom. The molecule has 0 aromatic heterocycles. The van der Waals surface area contributed by atoms with Crippen LogP contribution in [0.3, 0.4) is 0 Å². The number of alkyl halides is 3. The van der Waals surface area contributed by atoms with Crippen LogP contribution in [0, 0.1) is 11.2 Å². The molecule has 2 aliphatic rings. The van der Waals surface area contributed by atoms with E-state index < -0.39 is 37.9 Å². The summed E-state index contributed by atoms with van der Waals surface area (Å²) in [5.74, 6) is -0.0303. The first-order valence-electron chi connectivity index (χ1n) is 12.4. The Morgan fingerprint density at radius 1 is 0.974 bits per heavy atom. The maximum Gasteiger partial charge on any atom is 0.416 e. The molecule has 208 valence electrons. The van der Waals surface area contributed by atoms with Crippen LogP contribution in [0.2, 0.25) is 0 Å². The fraction of sp³-hybridized carbons (Fsp3) is 0.500. The summed E-state index contributed by atoms with van der Waals surface area (Å²) in [4.78, 5) is 16.7. The van der Waals surface area contributed by atoms with Crippen LogP contribution in [0.1, 0.15) is 24.8 Å². The van der Waals surface area contributed by atoms with Crippen molar-refractivity contribution in [3.63, 3.8) is 0 Å². The zero-order valence-electron chi connectivity index (χ0n) is 21.1. The van der Waals surface area contributed by atoms with Crippen LogP contribution >= 0.6 is 0 Å². The number of carbonyl (C=O) groups is 1. The van der Waals surface area contributed by atoms with Crippen molar-refractivity contribution >= 4 is 15.9 Å². The summed E-state index contributed by atoms with van der Waals surface area (Å²) in [5, 5.41) is 0. The molecule has 0 saturated carbocycles. The van der Waals surface area contributed by atoms with Crippen molar-refractivity contribution in [1.82, 2.24) is 14.1 Å². The van der Waals surface area contributed by atoms with Gasteiger partial charge in [0, 0.05) is 51.1 Å². The highest BCUT2D eigenvalue weighted by Gasteiger charge is 2.42. The quantitative estimate of drug-likeness (QED) is 0.484. The Labute approximate surface area is 220 Å². The number of halogens is 4. The van der Waals surface area contributed by atoms with Crippen LogP contribution in [0.5, 0.6) is 5.75 Å². The van der Waals surface area contributed by atoms with Gasteiger partial charge in [-0.05, 0) is 62.4 Å². The summed E-state index contributed by atoms with van der Waals surface area (Å²) in [6.07, 6.45) is -3.95. The number of ether oxygens (including phenoxy) is 1. The molecular formula is C26H31F4N3O4S. The summed E-state index contributed by atoms with van der Waals surface area (Å²) in [5.41, 5.74) is -1.72. The predicted molar refractivity (Wildman–Crippen MR) is 132 cm³/mol. The highest BCUT2D eigenvalue weighted by Crippen LogP contribution is 2.39. The van der Waals surface area contributed by atoms with Gasteiger partial charge in [-0.1, -0.05) is 6.07 Å². The number of nitrogens with zero attached hydrogens (tertiary/aromatic N) is 3. The smallest absolute Gasteiger partial charge is 0.416 e. The minimum atomic E-state index is -4.66. The Kier molecular flexibility index (Phi) is 8.34. The van der Waals surface area contributed by atoms with E-state index in [1.54, 1.807) is 4.90 Å². The van der Waals surface area contributed by atoms with Crippen LogP contribution in [0.4, 0.5) is 17.6 Å². The lowest BCUT2D eigenvalue weighted by molar-refractivity contribution is -0.138. The molecule has 12 heteroatoms. The fourth-order valence-electron chi connectivity index (χ4n) is 4.81. The lowest BCUT2D eigenvalue weighted by Crippen LogP contribution is -2.51. The first-order chi connectivity index (χ1) is 17.9. The maximum atomic E-state index is 13.3. The van der Waals surface area contributed by atoms with Crippen LogP contribution in [0.15, 0.2) is 53.4 Å². The number of piperazine rings is 1. The predicted octanol–water partition coefficient (Wildman–Crippen LogP) is 3.86. The number of hydrogen-bond acceptors (Lipinski definition) is 5. The molecule has 2 aromatic rings. The van der Waals surface area contributed by atoms with Gasteiger partial charge in [0.25, 0.3) is 0 Å². The Bertz CT molecular complexity index is 1220. The van der Waals surface area contributed by atoms with Gasteiger partial charge in [0.05, 0.1) is 17.1 Å². The van der Waals surface area contributed by atoms with Crippen molar-refractivity contribution in [3.8, 4) is 5.75 Å². The molecule has 2 fully saturated rings. The number of hydrogen-bond donors (Lipinski definition) is 0. The van der Waals surface area contributed by atoms with Gasteiger partial charge in [-0.15, -0.1) is 0 Å². The lowest BCUT2D eigenvalue weighted by Gasteiger charge is -2.42. The average molecular weight is 558 g/mol. The van der Waals surface area contributed by atoms with Gasteiger partial charge in [-0.25, -0.2) is 12.8 Å². The van der Waals surface area contributed by atoms with E-state index >= 15 is 0 Å². The Hall–Kier alpha value is -2.70. The van der Waals surface area contributed by atoms with Crippen LogP contribution in [0.25, 0.3) is 0 Å². The molecule has 4 rings (SSSR count). The third kappa shape index (κ3) is 6.65. The van der Waals surface area contributed by atoms with Crippen LogP contribution in [-0.4, -0.2) is 81.4 Å². The van der Waals surface area contributed by atoms with E-state index in [-0.39, 0.29) is 44.9 Å². The molecule has 0 bridgehead atoms. The van der Waals surface area contributed by atoms with Gasteiger partial charge in [0.2, 0.25) is 15.9 Å². The highest BCUT2D eigenvalue weighted by atomic mass is 32.2. The SMILES string of the molecule is CN1CCN(C(=O)CC2(COc3ccc(F)cc3)CCN(S(=O)(=O)c3cccc(C(F)(F)F)c3)CC2)CC1. The second-order valence-corrected chi connectivity index (χ2v) is 12.0. The molecule has 7 nitrogen and oxygen atoms in total. The van der Waals surface area contributed by atoms with Gasteiger partial charge < -0.3 is 14.5 Å². The van der Waals surface area contributed by atoms with E-state index in [1.165, 1.54) is 28.6 Å². The first-order valence-corrected chi connectivity index (χ1v) is 13.8. The fourth-order valence-corrected chi connectivity index (χ4v) is 6.30. The topological polar surface area (TPSA) is 70.2 Å². The number of benzene rings is 2. The zero-order chi connectivity index (χ0) is 27.6. The molecule has 2 aromatic carbocycles. The molecule has 1 amide bonds. The molecule has 2 aliphatic heterocycles. The van der Waals surface area contributed by atoms with Gasteiger partial charge in [0.15, 0.2) is 0 Å². The number of sulfonamides is 1. The molecular weight excluding hydrogens is 526 g/mol. The average Bonchev–Trinajstić information content (AvgIpc) is 2.89. The van der Waals surface area contributed by atoms with Crippen molar-refractivity contribution in [3.05, 3.63) is 59.9 Å². The second-order valence-electron chi connectivity index (χ2n) is 10.0. The molecule has 0 atom stereocenters. The van der Waals surface area contributed by atoms with Crippen molar-refractivity contribution in [2.75, 3.05) is 52.9 Å². The number of rotatable bonds is 7. The number of carbonyl (C=O) groups excluding carboxylic acids is 1. The molecule has 38 heavy (non-hydrogen) atoms. The van der Waals surface area contributed by atoms with E-state index in [4.69, 9.17) is 4.74 Å². The minimum absolute atomic E-state index is 0.0291. The third-order valence-electron chi connectivity index (χ3n) is 7.32. The number of likely N-dealkylation sites (N-methyl/N-ethyl adjacent to an activating group) is 1. The molecule has 0 aliphatic carbocycles. The Balaban J connectivity index is 1.50. The van der Waals surface area contributed by atoms with E-state index in [2.05, 4.69) is 4.90 Å². The van der Waals surface area contributed by atoms with Crippen LogP contribution < -0.4 is 4.74 Å². The third-order valence-corrected chi connectivity index (χ3v) is 9.22. The second kappa shape index (κ2) is 11.2. The van der Waals surface area contributed by atoms with Crippen molar-refractivity contribution < 1.29 is 35.5 Å². The molecule has 2 saturated heterocycles. The Morgan fingerprint density at radius 2 is 1.61 bits per heavy atom. The van der Waals surface area contributed by atoms with E-state index in [9.17, 15) is 30.8 Å². The van der Waals surface area contributed by atoms with Gasteiger partial charge >= 0.3 is 6.18 Å². The summed E-state index contributed by atoms with van der Waals surface area (Å²) in [7, 11) is -2.19. The van der Waals surface area contributed by atoms with Crippen molar-refractivity contribution in [2.24, 2.45) is 5.41 Å². The zero-order valence-corrected chi connectivity index (χ0v) is 21.9. The lowest BCUT2D eigenvalue weighted by atomic mass is 9.76. The molecule has 0 unspecified atom stereocenters. The standard InChI is InChI=1S/C26H31F4N3O4S/c1-31-13-15-32(16-14-31)24(34)18-25(19-37-22-7-5-21(27)6-8-22)9-11-33(12-10-25)38(35,36)23-4-2-3-20(17-23)26(28,29)30/h2-8,17H,9-16,18-19H2,1H3. The van der Waals surface area contributed by atoms with Crippen molar-refractivity contribution in [2.45, 2.75) is 30.3 Å². The van der Waals surface area contributed by atoms with Gasteiger partial charge in [0.1, 0.15) is 11.6 Å². The first kappa shape index (κ1) is 28.3. The molecule has 0 N–H and O–H groups in total. The molecule has 0 radical (unpaired) electrons. The van der Waals surface area contributed by atoms with Gasteiger partial charge in [-0.3, -0.25) is 4.79 Å². The normalized spacial score (nSPS) is 19.3. The minimum Gasteiger partial charge on any atom is -0.493 e. The highest BCUT2D eigenvalue weighted by molar-refractivity contribution is 7.89. The summed E-state index contributed by atoms with van der Waals surface area (Å²) in [6.45, 7) is 2.89. The maximum absolute atomic E-state index is 13.3. The molecule has 2 heterocycles. The summed E-state index contributed by atoms with van der Waals surface area (Å²) < 4.78 is 86.3. The van der Waals surface area contributed by atoms with Crippen molar-refractivity contribution in [1.29, 1.82) is 0 Å². The monoisotopic (exact) mass is 557 g/mol. The summed E-state index contributed by atoms with van der Waals surface area (Å²) >= 11 is 0. The van der Waals surface area contributed by atoms with E-state index in [0.29, 0.717) is 24.9 Å². The largest absolute Gasteiger partial charge is 0.493 e. The summed E-state index contributed by atoms with van der Waals surface area (Å²) in [6, 6.07) is 9.21. The number of piperidine rings is 1. The van der Waals surface area contributed by atoms with E-state index in [1.807, 2.05) is 7.05 Å². The van der Waals surface area contributed by atoms with Gasteiger partial charge in [-0.2, -0.15) is 17.5 Å². The number of amides is 1.